The summed E-state index contributed by atoms with van der Waals surface area (Å²) in [6.07, 6.45) is -0.411. The zero-order valence-corrected chi connectivity index (χ0v) is 14.4. The maximum absolute atomic E-state index is 12.0. The molecule has 0 aromatic carbocycles. The van der Waals surface area contributed by atoms with Gasteiger partial charge in [0.05, 0.1) is 0 Å². The third-order valence-corrected chi connectivity index (χ3v) is 3.57. The summed E-state index contributed by atoms with van der Waals surface area (Å²) >= 11 is 2.35. The minimum Gasteiger partial charge on any atom is -0.444 e. The van der Waals surface area contributed by atoms with Gasteiger partial charge in [-0.15, -0.1) is 0 Å². The van der Waals surface area contributed by atoms with E-state index in [4.69, 9.17) is 4.74 Å². The topological polar surface area (TPSA) is 63.7 Å². The maximum atomic E-state index is 12.0. The number of hydrogen-bond donors (Lipinski definition) is 0. The predicted molar refractivity (Wildman–Crippen MR) is 84.1 cm³/mol. The highest BCUT2D eigenvalue weighted by molar-refractivity contribution is 8.13. The second-order valence-electron chi connectivity index (χ2n) is 5.15. The molecule has 0 fully saturated rings. The van der Waals surface area contributed by atoms with Gasteiger partial charge in [0.1, 0.15) is 5.60 Å². The molecular formula is C13H23NO4S2. The van der Waals surface area contributed by atoms with Crippen molar-refractivity contribution in [1.29, 1.82) is 0 Å². The summed E-state index contributed by atoms with van der Waals surface area (Å²) in [5.74, 6) is 1.05. The Morgan fingerprint density at radius 3 is 1.65 bits per heavy atom. The summed E-state index contributed by atoms with van der Waals surface area (Å²) in [5, 5.41) is 0.0412. The fourth-order valence-corrected chi connectivity index (χ4v) is 2.42. The molecule has 0 aliphatic carbocycles. The van der Waals surface area contributed by atoms with Crippen molar-refractivity contribution in [2.24, 2.45) is 0 Å². The number of rotatable bonds is 6. The predicted octanol–water partition coefficient (Wildman–Crippen LogP) is 2.78. The molecule has 0 heterocycles. The molecular weight excluding hydrogens is 298 g/mol. The van der Waals surface area contributed by atoms with Gasteiger partial charge in [-0.05, 0) is 20.8 Å². The standard InChI is InChI=1S/C13H23NO4S2/c1-10(15)19-8-6-14(7-9-20-11(2)16)12(17)18-13(3,4)5/h6-9H2,1-5H3. The summed E-state index contributed by atoms with van der Waals surface area (Å²) in [5.41, 5.74) is -0.559. The van der Waals surface area contributed by atoms with Crippen LogP contribution in [0.5, 0.6) is 0 Å². The minimum absolute atomic E-state index is 0.0206. The Morgan fingerprint density at radius 1 is 0.950 bits per heavy atom. The number of carbonyl (C=O) groups excluding carboxylic acids is 3. The molecule has 20 heavy (non-hydrogen) atoms. The van der Waals surface area contributed by atoms with Gasteiger partial charge in [-0.3, -0.25) is 9.59 Å². The average molecular weight is 321 g/mol. The molecule has 0 spiro atoms. The van der Waals surface area contributed by atoms with E-state index in [1.807, 2.05) is 0 Å². The molecule has 5 nitrogen and oxygen atoms in total. The smallest absolute Gasteiger partial charge is 0.410 e. The summed E-state index contributed by atoms with van der Waals surface area (Å²) in [6.45, 7) is 9.25. The maximum Gasteiger partial charge on any atom is 0.410 e. The van der Waals surface area contributed by atoms with Crippen molar-refractivity contribution in [2.45, 2.75) is 40.2 Å². The molecule has 0 radical (unpaired) electrons. The lowest BCUT2D eigenvalue weighted by molar-refractivity contribution is -0.109. The van der Waals surface area contributed by atoms with Crippen LogP contribution in [0.1, 0.15) is 34.6 Å². The Morgan fingerprint density at radius 2 is 1.35 bits per heavy atom. The van der Waals surface area contributed by atoms with Crippen molar-refractivity contribution < 1.29 is 19.1 Å². The molecule has 0 aromatic rings. The van der Waals surface area contributed by atoms with Gasteiger partial charge < -0.3 is 9.64 Å². The van der Waals surface area contributed by atoms with E-state index >= 15 is 0 Å². The monoisotopic (exact) mass is 321 g/mol. The minimum atomic E-state index is -0.559. The molecule has 0 saturated heterocycles. The number of nitrogens with zero attached hydrogens (tertiary/aromatic N) is 1. The van der Waals surface area contributed by atoms with Crippen molar-refractivity contribution >= 4 is 39.8 Å². The van der Waals surface area contributed by atoms with Crippen LogP contribution in [-0.2, 0) is 14.3 Å². The normalized spacial score (nSPS) is 11.1. The van der Waals surface area contributed by atoms with Gasteiger partial charge in [0.2, 0.25) is 0 Å². The van der Waals surface area contributed by atoms with E-state index in [1.54, 1.807) is 20.8 Å². The fraction of sp³-hybridized carbons (Fsp3) is 0.769. The third kappa shape index (κ3) is 11.2. The zero-order valence-electron chi connectivity index (χ0n) is 12.7. The van der Waals surface area contributed by atoms with Crippen molar-refractivity contribution in [3.05, 3.63) is 0 Å². The summed E-state index contributed by atoms with van der Waals surface area (Å²) in [4.78, 5) is 35.4. The first-order valence-electron chi connectivity index (χ1n) is 6.36. The van der Waals surface area contributed by atoms with Crippen LogP contribution in [0.25, 0.3) is 0 Å². The van der Waals surface area contributed by atoms with Crippen LogP contribution in [0.3, 0.4) is 0 Å². The molecule has 0 N–H and O–H groups in total. The van der Waals surface area contributed by atoms with Crippen LogP contribution in [0, 0.1) is 0 Å². The first-order chi connectivity index (χ1) is 9.11. The highest BCUT2D eigenvalue weighted by Gasteiger charge is 2.22. The van der Waals surface area contributed by atoms with Gasteiger partial charge in [-0.2, -0.15) is 0 Å². The van der Waals surface area contributed by atoms with Crippen LogP contribution in [0.15, 0.2) is 0 Å². The number of amides is 1. The second kappa shape index (κ2) is 9.28. The number of carbonyl (C=O) groups is 3. The van der Waals surface area contributed by atoms with E-state index in [0.717, 1.165) is 0 Å². The van der Waals surface area contributed by atoms with Crippen LogP contribution in [0.2, 0.25) is 0 Å². The lowest BCUT2D eigenvalue weighted by Gasteiger charge is -2.27. The van der Waals surface area contributed by atoms with E-state index in [-0.39, 0.29) is 10.2 Å². The van der Waals surface area contributed by atoms with Crippen LogP contribution >= 0.6 is 23.5 Å². The molecule has 1 amide bonds. The fourth-order valence-electron chi connectivity index (χ4n) is 1.22. The first-order valence-corrected chi connectivity index (χ1v) is 8.33. The number of thioether (sulfide) groups is 2. The highest BCUT2D eigenvalue weighted by atomic mass is 32.2. The molecule has 0 aliphatic heterocycles. The van der Waals surface area contributed by atoms with Crippen molar-refractivity contribution in [3.8, 4) is 0 Å². The molecule has 0 aromatic heterocycles. The van der Waals surface area contributed by atoms with Gasteiger partial charge >= 0.3 is 6.09 Å². The highest BCUT2D eigenvalue weighted by Crippen LogP contribution is 2.12. The van der Waals surface area contributed by atoms with E-state index in [2.05, 4.69) is 0 Å². The zero-order chi connectivity index (χ0) is 15.8. The molecule has 0 bridgehead atoms. The average Bonchev–Trinajstić information content (AvgIpc) is 2.23. The Hall–Kier alpha value is -0.690. The number of hydrogen-bond acceptors (Lipinski definition) is 6. The Labute approximate surface area is 129 Å². The summed E-state index contributed by atoms with van der Waals surface area (Å²) in [7, 11) is 0. The Balaban J connectivity index is 4.40. The quantitative estimate of drug-likeness (QED) is 0.749. The van der Waals surface area contributed by atoms with Gasteiger partial charge in [0.25, 0.3) is 0 Å². The lowest BCUT2D eigenvalue weighted by atomic mass is 10.2. The van der Waals surface area contributed by atoms with Gasteiger partial charge in [-0.25, -0.2) is 4.79 Å². The van der Waals surface area contributed by atoms with E-state index in [0.29, 0.717) is 24.6 Å². The molecule has 7 heteroatoms. The van der Waals surface area contributed by atoms with Gasteiger partial charge in [0.15, 0.2) is 10.2 Å². The molecule has 0 rings (SSSR count). The summed E-state index contributed by atoms with van der Waals surface area (Å²) in [6, 6.07) is 0. The largest absolute Gasteiger partial charge is 0.444 e. The van der Waals surface area contributed by atoms with Crippen molar-refractivity contribution in [3.63, 3.8) is 0 Å². The van der Waals surface area contributed by atoms with Crippen LogP contribution in [-0.4, -0.2) is 51.4 Å². The van der Waals surface area contributed by atoms with E-state index < -0.39 is 11.7 Å². The first kappa shape index (κ1) is 19.3. The van der Waals surface area contributed by atoms with Gasteiger partial charge in [0, 0.05) is 38.4 Å². The van der Waals surface area contributed by atoms with Crippen molar-refractivity contribution in [2.75, 3.05) is 24.6 Å². The Kier molecular flexibility index (Phi) is 8.96. The van der Waals surface area contributed by atoms with Gasteiger partial charge in [-0.1, -0.05) is 23.5 Å². The number of ether oxygens (including phenoxy) is 1. The third-order valence-electron chi connectivity index (χ3n) is 1.98. The van der Waals surface area contributed by atoms with E-state index in [1.165, 1.54) is 42.3 Å². The molecule has 116 valence electrons. The van der Waals surface area contributed by atoms with Crippen molar-refractivity contribution in [1.82, 2.24) is 4.90 Å². The second-order valence-corrected chi connectivity index (χ2v) is 7.69. The van der Waals surface area contributed by atoms with Crippen LogP contribution < -0.4 is 0 Å². The SMILES string of the molecule is CC(=O)SCCN(CCSC(C)=O)C(=O)OC(C)(C)C. The van der Waals surface area contributed by atoms with Crippen LogP contribution in [0.4, 0.5) is 4.79 Å². The molecule has 0 atom stereocenters. The molecule has 0 unspecified atom stereocenters. The van der Waals surface area contributed by atoms with E-state index in [9.17, 15) is 14.4 Å². The molecule has 0 saturated carbocycles. The lowest BCUT2D eigenvalue weighted by Crippen LogP contribution is -2.39. The molecule has 0 aliphatic rings. The summed E-state index contributed by atoms with van der Waals surface area (Å²) < 4.78 is 5.31. The Bertz CT molecular complexity index is 333.